The number of aryl methyl sites for hydroxylation is 1. The number of Topliss-reactive ketones (excluding diaryl/α,β-unsaturated/α-hetero) is 1. The Morgan fingerprint density at radius 1 is 1.00 bits per heavy atom. The zero-order valence-corrected chi connectivity index (χ0v) is 25.9. The van der Waals surface area contributed by atoms with Gasteiger partial charge in [0.2, 0.25) is 5.91 Å². The molecule has 0 aliphatic carbocycles. The van der Waals surface area contributed by atoms with Crippen LogP contribution in [-0.4, -0.2) is 78.8 Å². The fraction of sp³-hybridized carbons (Fsp3) is 0.559. The van der Waals surface area contributed by atoms with Crippen LogP contribution in [0.15, 0.2) is 54.6 Å². The van der Waals surface area contributed by atoms with Gasteiger partial charge in [-0.15, -0.1) is 0 Å². The van der Waals surface area contributed by atoms with Crippen LogP contribution in [0.25, 0.3) is 0 Å². The molecule has 0 spiro atoms. The molecule has 0 radical (unpaired) electrons. The Morgan fingerprint density at radius 3 is 2.42 bits per heavy atom. The minimum absolute atomic E-state index is 0.0121. The molecule has 0 saturated carbocycles. The molecule has 1 aliphatic rings. The summed E-state index contributed by atoms with van der Waals surface area (Å²) >= 11 is 0. The average molecular weight is 597 g/mol. The topological polar surface area (TPSA) is 114 Å². The summed E-state index contributed by atoms with van der Waals surface area (Å²) in [5.41, 5.74) is 1.35. The van der Waals surface area contributed by atoms with Gasteiger partial charge in [-0.1, -0.05) is 42.5 Å². The maximum atomic E-state index is 13.5. The molecule has 2 N–H and O–H groups in total. The van der Waals surface area contributed by atoms with Crippen molar-refractivity contribution in [3.8, 4) is 5.75 Å². The quantitative estimate of drug-likeness (QED) is 0.263. The van der Waals surface area contributed by atoms with Crippen LogP contribution in [0.1, 0.15) is 64.0 Å². The Kier molecular flexibility index (Phi) is 14.1. The van der Waals surface area contributed by atoms with E-state index in [4.69, 9.17) is 14.2 Å². The minimum atomic E-state index is -0.890. The van der Waals surface area contributed by atoms with Crippen molar-refractivity contribution in [2.75, 3.05) is 39.5 Å². The number of aliphatic hydroxyl groups excluding tert-OH is 1. The zero-order valence-electron chi connectivity index (χ0n) is 25.9. The number of amides is 1. The number of hydrogen-bond acceptors (Lipinski definition) is 8. The third kappa shape index (κ3) is 13.3. The van der Waals surface area contributed by atoms with Crippen molar-refractivity contribution in [1.29, 1.82) is 0 Å². The van der Waals surface area contributed by atoms with Gasteiger partial charge >= 0.3 is 5.97 Å². The van der Waals surface area contributed by atoms with E-state index in [2.05, 4.69) is 10.2 Å². The molecule has 3 rings (SSSR count). The molecule has 0 unspecified atom stereocenters. The second kappa shape index (κ2) is 17.8. The van der Waals surface area contributed by atoms with E-state index in [1.807, 2.05) is 54.6 Å². The highest BCUT2D eigenvalue weighted by atomic mass is 16.6. The summed E-state index contributed by atoms with van der Waals surface area (Å²) in [5.74, 6) is -0.738. The summed E-state index contributed by atoms with van der Waals surface area (Å²) in [6, 6.07) is 16.8. The van der Waals surface area contributed by atoms with Crippen LogP contribution in [-0.2, 0) is 36.9 Å². The Balaban J connectivity index is 1.60. The molecule has 9 heteroatoms. The van der Waals surface area contributed by atoms with Gasteiger partial charge in [-0.2, -0.15) is 0 Å². The van der Waals surface area contributed by atoms with Crippen LogP contribution in [0, 0.1) is 5.92 Å². The molecule has 2 atom stereocenters. The first kappa shape index (κ1) is 34.2. The first-order valence-electron chi connectivity index (χ1n) is 15.3. The summed E-state index contributed by atoms with van der Waals surface area (Å²) in [5, 5.41) is 12.2. The van der Waals surface area contributed by atoms with E-state index >= 15 is 0 Å². The van der Waals surface area contributed by atoms with Gasteiger partial charge in [-0.05, 0) is 76.3 Å². The van der Waals surface area contributed by atoms with E-state index in [0.29, 0.717) is 52.0 Å². The Labute approximate surface area is 255 Å². The number of morpholine rings is 1. The first-order valence-corrected chi connectivity index (χ1v) is 15.3. The van der Waals surface area contributed by atoms with Crippen molar-refractivity contribution < 1.29 is 33.7 Å². The lowest BCUT2D eigenvalue weighted by Crippen LogP contribution is -2.47. The zero-order chi connectivity index (χ0) is 31.1. The maximum Gasteiger partial charge on any atom is 0.329 e. The Hall–Kier alpha value is -3.27. The highest BCUT2D eigenvalue weighted by Gasteiger charge is 2.30. The van der Waals surface area contributed by atoms with Crippen LogP contribution in [0.2, 0.25) is 0 Å². The second-order valence-electron chi connectivity index (χ2n) is 12.1. The van der Waals surface area contributed by atoms with Crippen molar-refractivity contribution in [3.05, 3.63) is 65.7 Å². The van der Waals surface area contributed by atoms with Gasteiger partial charge in [0, 0.05) is 38.5 Å². The number of aliphatic hydroxyl groups is 1. The molecule has 0 bridgehead atoms. The predicted molar refractivity (Wildman–Crippen MR) is 165 cm³/mol. The highest BCUT2D eigenvalue weighted by molar-refractivity contribution is 5.89. The molecule has 2 aromatic carbocycles. The number of nitrogens with zero attached hydrogens (tertiary/aromatic N) is 1. The third-order valence-electron chi connectivity index (χ3n) is 7.24. The number of nitrogens with one attached hydrogen (secondary N) is 1. The third-order valence-corrected chi connectivity index (χ3v) is 7.24. The number of benzene rings is 2. The van der Waals surface area contributed by atoms with Crippen molar-refractivity contribution in [1.82, 2.24) is 10.2 Å². The molecule has 1 amide bonds. The number of esters is 1. The fourth-order valence-electron chi connectivity index (χ4n) is 4.89. The van der Waals surface area contributed by atoms with E-state index in [0.717, 1.165) is 30.0 Å². The van der Waals surface area contributed by atoms with Crippen molar-refractivity contribution in [3.63, 3.8) is 0 Å². The number of rotatable bonds is 17. The Morgan fingerprint density at radius 2 is 1.72 bits per heavy atom. The molecule has 9 nitrogen and oxygen atoms in total. The van der Waals surface area contributed by atoms with Gasteiger partial charge in [-0.3, -0.25) is 14.5 Å². The Bertz CT molecular complexity index is 1140. The molecule has 1 fully saturated rings. The van der Waals surface area contributed by atoms with E-state index in [-0.39, 0.29) is 31.1 Å². The van der Waals surface area contributed by atoms with Gasteiger partial charge in [0.1, 0.15) is 29.8 Å². The molecular weight excluding hydrogens is 548 g/mol. The maximum absolute atomic E-state index is 13.5. The average Bonchev–Trinajstić information content (AvgIpc) is 2.99. The normalized spacial score (nSPS) is 15.3. The van der Waals surface area contributed by atoms with Crippen LogP contribution in [0.4, 0.5) is 0 Å². The molecule has 2 aromatic rings. The summed E-state index contributed by atoms with van der Waals surface area (Å²) in [6.45, 7) is 9.17. The number of carbonyl (C=O) groups is 3. The van der Waals surface area contributed by atoms with E-state index in [9.17, 15) is 19.5 Å². The lowest BCUT2D eigenvalue weighted by atomic mass is 9.94. The van der Waals surface area contributed by atoms with Crippen LogP contribution in [0.3, 0.4) is 0 Å². The molecule has 1 heterocycles. The number of hydrogen-bond donors (Lipinski definition) is 2. The largest absolute Gasteiger partial charge is 0.489 e. The molecule has 1 aliphatic heterocycles. The lowest BCUT2D eigenvalue weighted by Gasteiger charge is -2.29. The second-order valence-corrected chi connectivity index (χ2v) is 12.1. The molecule has 0 aromatic heterocycles. The number of carbonyl (C=O) groups excluding carboxylic acids is 3. The van der Waals surface area contributed by atoms with Crippen molar-refractivity contribution in [2.45, 2.75) is 77.5 Å². The molecule has 1 saturated heterocycles. The van der Waals surface area contributed by atoms with Crippen LogP contribution >= 0.6 is 0 Å². The van der Waals surface area contributed by atoms with Gasteiger partial charge in [-0.25, -0.2) is 4.79 Å². The lowest BCUT2D eigenvalue weighted by molar-refractivity contribution is -0.159. The number of ether oxygens (including phenoxy) is 3. The molecule has 236 valence electrons. The monoisotopic (exact) mass is 596 g/mol. The van der Waals surface area contributed by atoms with Crippen LogP contribution in [0.5, 0.6) is 5.75 Å². The van der Waals surface area contributed by atoms with Crippen molar-refractivity contribution >= 4 is 17.7 Å². The van der Waals surface area contributed by atoms with E-state index < -0.39 is 23.5 Å². The predicted octanol–water partition coefficient (Wildman–Crippen LogP) is 4.09. The summed E-state index contributed by atoms with van der Waals surface area (Å²) in [4.78, 5) is 41.8. The summed E-state index contributed by atoms with van der Waals surface area (Å²) in [6.07, 6.45) is 2.00. The van der Waals surface area contributed by atoms with E-state index in [1.165, 1.54) is 0 Å². The van der Waals surface area contributed by atoms with Crippen LogP contribution < -0.4 is 10.1 Å². The van der Waals surface area contributed by atoms with Crippen molar-refractivity contribution in [2.24, 2.45) is 5.92 Å². The minimum Gasteiger partial charge on any atom is -0.489 e. The van der Waals surface area contributed by atoms with E-state index in [1.54, 1.807) is 20.8 Å². The highest BCUT2D eigenvalue weighted by Crippen LogP contribution is 2.19. The van der Waals surface area contributed by atoms with Gasteiger partial charge < -0.3 is 24.6 Å². The van der Waals surface area contributed by atoms with Gasteiger partial charge in [0.15, 0.2) is 0 Å². The fourth-order valence-corrected chi connectivity index (χ4v) is 4.89. The smallest absolute Gasteiger partial charge is 0.329 e. The van der Waals surface area contributed by atoms with Gasteiger partial charge in [0.25, 0.3) is 0 Å². The molecule has 43 heavy (non-hydrogen) atoms. The number of ketones is 1. The first-order chi connectivity index (χ1) is 20.6. The SMILES string of the molecule is CC(C)(C)OC(=O)[C@H](CCCO)NC(=O)[C@H](CCN1CCOCC1)CC(=O)CCc1cccc(OCc2ccccc2)c1. The summed E-state index contributed by atoms with van der Waals surface area (Å²) in [7, 11) is 0. The molecular formula is C34H48N2O7. The standard InChI is InChI=1S/C34H48N2O7/c1-34(2,3)43-33(40)31(13-8-20-37)35-32(39)28(16-17-36-18-21-41-22-19-36)24-29(38)15-14-26-11-7-12-30(23-26)42-25-27-9-5-4-6-10-27/h4-7,9-12,23,28,31,37H,8,13-22,24-25H2,1-3H3,(H,35,39)/t28-,31+/m1/s1. The van der Waals surface area contributed by atoms with Gasteiger partial charge in [0.05, 0.1) is 13.2 Å². The summed E-state index contributed by atoms with van der Waals surface area (Å²) < 4.78 is 16.9.